The third kappa shape index (κ3) is 5.14. The van der Waals surface area contributed by atoms with E-state index >= 15 is 0 Å². The highest BCUT2D eigenvalue weighted by molar-refractivity contribution is 6.46. The van der Waals surface area contributed by atoms with Gasteiger partial charge in [0.2, 0.25) is 0 Å². The number of Topliss-reactive ketones (excluding diaryl/α,β-unsaturated/α-hetero) is 1. The average Bonchev–Trinajstić information content (AvgIpc) is 3.40. The number of phenols is 1. The summed E-state index contributed by atoms with van der Waals surface area (Å²) in [6.45, 7) is 12.7. The number of ether oxygens (including phenoxy) is 1. The Labute approximate surface area is 217 Å². The third-order valence-corrected chi connectivity index (χ3v) is 7.15. The second kappa shape index (κ2) is 9.60. The van der Waals surface area contributed by atoms with Crippen LogP contribution in [0, 0.1) is 5.82 Å². The van der Waals surface area contributed by atoms with Crippen molar-refractivity contribution in [1.29, 1.82) is 0 Å². The summed E-state index contributed by atoms with van der Waals surface area (Å²) in [5.41, 5.74) is 1.30. The first-order chi connectivity index (χ1) is 17.2. The minimum Gasteiger partial charge on any atom is -0.507 e. The first-order valence-corrected chi connectivity index (χ1v) is 12.7. The summed E-state index contributed by atoms with van der Waals surface area (Å²) in [4.78, 5) is 28.3. The zero-order valence-electron chi connectivity index (χ0n) is 22.4. The van der Waals surface area contributed by atoms with Crippen molar-refractivity contribution in [3.8, 4) is 5.75 Å². The van der Waals surface area contributed by atoms with Crippen LogP contribution in [0.4, 0.5) is 4.39 Å². The number of aliphatic hydroxyl groups is 1. The van der Waals surface area contributed by atoms with Crippen LogP contribution >= 0.6 is 0 Å². The normalized spacial score (nSPS) is 22.2. The number of hydrogen-bond acceptors (Lipinski definition) is 5. The first-order valence-electron chi connectivity index (χ1n) is 12.7. The molecule has 2 unspecified atom stereocenters. The van der Waals surface area contributed by atoms with Crippen molar-refractivity contribution < 1.29 is 28.9 Å². The Morgan fingerprint density at radius 3 is 2.08 bits per heavy atom. The van der Waals surface area contributed by atoms with Crippen LogP contribution in [0.15, 0.2) is 42.0 Å². The average molecular weight is 510 g/mol. The molecule has 6 nitrogen and oxygen atoms in total. The molecule has 37 heavy (non-hydrogen) atoms. The minimum atomic E-state index is -0.892. The van der Waals surface area contributed by atoms with Crippen LogP contribution in [0.2, 0.25) is 0 Å². The number of aromatic hydroxyl groups is 1. The van der Waals surface area contributed by atoms with Crippen LogP contribution in [0.25, 0.3) is 5.76 Å². The number of rotatable bonds is 4. The molecule has 0 saturated carbocycles. The summed E-state index contributed by atoms with van der Waals surface area (Å²) in [6, 6.07) is 7.91. The molecule has 0 spiro atoms. The molecule has 2 atom stereocenters. The zero-order chi connectivity index (χ0) is 27.3. The van der Waals surface area contributed by atoms with Crippen molar-refractivity contribution in [3.63, 3.8) is 0 Å². The van der Waals surface area contributed by atoms with Gasteiger partial charge in [0.1, 0.15) is 17.3 Å². The molecule has 1 amide bonds. The van der Waals surface area contributed by atoms with E-state index in [-0.39, 0.29) is 35.3 Å². The molecule has 0 bridgehead atoms. The molecular weight excluding hydrogens is 473 g/mol. The van der Waals surface area contributed by atoms with Gasteiger partial charge < -0.3 is 19.8 Å². The lowest BCUT2D eigenvalue weighted by Gasteiger charge is -2.32. The molecule has 0 aromatic heterocycles. The number of carbonyl (C=O) groups excluding carboxylic acids is 2. The van der Waals surface area contributed by atoms with Gasteiger partial charge in [-0.05, 0) is 76.8 Å². The van der Waals surface area contributed by atoms with Gasteiger partial charge >= 0.3 is 0 Å². The van der Waals surface area contributed by atoms with Gasteiger partial charge in [-0.25, -0.2) is 4.39 Å². The number of aliphatic hydroxyl groups excluding tert-OH is 1. The molecule has 2 saturated heterocycles. The molecule has 0 aliphatic carbocycles. The van der Waals surface area contributed by atoms with E-state index in [4.69, 9.17) is 4.74 Å². The van der Waals surface area contributed by atoms with Crippen LogP contribution in [-0.4, -0.2) is 46.1 Å². The van der Waals surface area contributed by atoms with Crippen molar-refractivity contribution in [1.82, 2.24) is 4.90 Å². The van der Waals surface area contributed by atoms with E-state index in [1.54, 1.807) is 0 Å². The van der Waals surface area contributed by atoms with Gasteiger partial charge in [-0.2, -0.15) is 0 Å². The van der Waals surface area contributed by atoms with Crippen molar-refractivity contribution in [3.05, 3.63) is 70.0 Å². The number of carbonyl (C=O) groups is 2. The number of phenolic OH excluding ortho intramolecular Hbond substituents is 1. The summed E-state index contributed by atoms with van der Waals surface area (Å²) >= 11 is 0. The Balaban J connectivity index is 1.98. The second-order valence-corrected chi connectivity index (χ2v) is 12.1. The van der Waals surface area contributed by atoms with Gasteiger partial charge in [0, 0.05) is 18.7 Å². The van der Waals surface area contributed by atoms with E-state index in [1.807, 2.05) is 53.7 Å². The van der Waals surface area contributed by atoms with Crippen molar-refractivity contribution >= 4 is 17.4 Å². The second-order valence-electron chi connectivity index (χ2n) is 12.1. The van der Waals surface area contributed by atoms with Gasteiger partial charge in [-0.1, -0.05) is 41.5 Å². The van der Waals surface area contributed by atoms with E-state index in [2.05, 4.69) is 0 Å². The molecule has 2 aromatic carbocycles. The molecule has 2 aromatic rings. The van der Waals surface area contributed by atoms with Gasteiger partial charge in [0.05, 0.1) is 17.7 Å². The predicted octanol–water partition coefficient (Wildman–Crippen LogP) is 5.73. The minimum absolute atomic E-state index is 0.0555. The number of halogens is 1. The molecule has 4 rings (SSSR count). The molecule has 2 N–H and O–H groups in total. The monoisotopic (exact) mass is 509 g/mol. The molecule has 7 heteroatoms. The highest BCUT2D eigenvalue weighted by atomic mass is 19.1. The predicted molar refractivity (Wildman–Crippen MR) is 140 cm³/mol. The van der Waals surface area contributed by atoms with Crippen LogP contribution < -0.4 is 0 Å². The van der Waals surface area contributed by atoms with Gasteiger partial charge in [0.25, 0.3) is 11.7 Å². The fraction of sp³-hybridized carbons (Fsp3) is 0.467. The maximum Gasteiger partial charge on any atom is 0.295 e. The van der Waals surface area contributed by atoms with Crippen LogP contribution in [0.5, 0.6) is 5.75 Å². The lowest BCUT2D eigenvalue weighted by molar-refractivity contribution is -0.140. The van der Waals surface area contributed by atoms with Crippen molar-refractivity contribution in [2.75, 3.05) is 13.2 Å². The molecule has 2 aliphatic heterocycles. The number of ketones is 1. The Morgan fingerprint density at radius 2 is 1.59 bits per heavy atom. The van der Waals surface area contributed by atoms with Crippen LogP contribution in [-0.2, 0) is 25.2 Å². The Bertz CT molecular complexity index is 1210. The summed E-state index contributed by atoms with van der Waals surface area (Å²) in [6.07, 6.45) is 1.42. The smallest absolute Gasteiger partial charge is 0.295 e. The third-order valence-electron chi connectivity index (χ3n) is 7.15. The summed E-state index contributed by atoms with van der Waals surface area (Å²) in [5, 5.41) is 22.5. The molecular formula is C30H36FNO5. The first kappa shape index (κ1) is 26.9. The number of amides is 1. The Morgan fingerprint density at radius 1 is 1.03 bits per heavy atom. The maximum atomic E-state index is 13.6. The SMILES string of the molecule is CC(C)(C)c1cc(C2C(=C(O)c3ccc(F)cc3)C(=O)C(=O)N2CC2CCCO2)cc(C(C)(C)C)c1O. The summed E-state index contributed by atoms with van der Waals surface area (Å²) < 4.78 is 19.4. The van der Waals surface area contributed by atoms with Crippen molar-refractivity contribution in [2.45, 2.75) is 77.4 Å². The highest BCUT2D eigenvalue weighted by Crippen LogP contribution is 2.46. The number of nitrogens with zero attached hydrogens (tertiary/aromatic N) is 1. The molecule has 2 aliphatic rings. The van der Waals surface area contributed by atoms with E-state index < -0.39 is 34.4 Å². The summed E-state index contributed by atoms with van der Waals surface area (Å²) in [7, 11) is 0. The molecule has 2 fully saturated rings. The number of hydrogen-bond donors (Lipinski definition) is 2. The highest BCUT2D eigenvalue weighted by Gasteiger charge is 2.47. The quantitative estimate of drug-likeness (QED) is 0.312. The van der Waals surface area contributed by atoms with Gasteiger partial charge in [-0.3, -0.25) is 9.59 Å². The number of likely N-dealkylation sites (tertiary alicyclic amines) is 1. The standard InChI is InChI=1S/C30H36FNO5/c1-29(2,3)21-14-18(15-22(26(21)34)30(4,5)6)24-23(25(33)17-9-11-19(31)12-10-17)27(35)28(36)32(24)16-20-8-7-13-37-20/h9-12,14-15,20,24,33-34H,7-8,13,16H2,1-6H3. The van der Waals surface area contributed by atoms with E-state index in [1.165, 1.54) is 29.2 Å². The Kier molecular flexibility index (Phi) is 6.97. The molecule has 198 valence electrons. The fourth-order valence-corrected chi connectivity index (χ4v) is 5.14. The molecule has 0 radical (unpaired) electrons. The number of benzene rings is 2. The van der Waals surface area contributed by atoms with Gasteiger partial charge in [-0.15, -0.1) is 0 Å². The van der Waals surface area contributed by atoms with E-state index in [0.29, 0.717) is 23.3 Å². The lowest BCUT2D eigenvalue weighted by Crippen LogP contribution is -2.36. The van der Waals surface area contributed by atoms with Crippen molar-refractivity contribution in [2.24, 2.45) is 0 Å². The molecule has 2 heterocycles. The van der Waals surface area contributed by atoms with Crippen LogP contribution in [0.1, 0.15) is 82.7 Å². The van der Waals surface area contributed by atoms with Crippen LogP contribution in [0.3, 0.4) is 0 Å². The summed E-state index contributed by atoms with van der Waals surface area (Å²) in [5.74, 6) is -2.17. The maximum absolute atomic E-state index is 13.6. The lowest BCUT2D eigenvalue weighted by atomic mass is 9.77. The topological polar surface area (TPSA) is 87.1 Å². The van der Waals surface area contributed by atoms with E-state index in [9.17, 15) is 24.2 Å². The largest absolute Gasteiger partial charge is 0.507 e. The Hall–Kier alpha value is -3.19. The van der Waals surface area contributed by atoms with Gasteiger partial charge in [0.15, 0.2) is 0 Å². The van der Waals surface area contributed by atoms with E-state index in [0.717, 1.165) is 12.8 Å². The zero-order valence-corrected chi connectivity index (χ0v) is 22.4. The fourth-order valence-electron chi connectivity index (χ4n) is 5.14.